The number of anilines is 1. The van der Waals surface area contributed by atoms with Gasteiger partial charge < -0.3 is 15.7 Å². The molecule has 0 radical (unpaired) electrons. The number of benzene rings is 1. The van der Waals surface area contributed by atoms with E-state index in [0.717, 1.165) is 5.56 Å². The van der Waals surface area contributed by atoms with Gasteiger partial charge in [-0.25, -0.2) is 4.79 Å². The predicted octanol–water partition coefficient (Wildman–Crippen LogP) is 1.03. The van der Waals surface area contributed by atoms with Crippen LogP contribution in [-0.4, -0.2) is 11.1 Å². The number of urea groups is 1. The highest BCUT2D eigenvalue weighted by atomic mass is 16.3. The summed E-state index contributed by atoms with van der Waals surface area (Å²) in [5, 5.41) is 14.3. The molecule has 2 rings (SSSR count). The Kier molecular flexibility index (Phi) is 1.40. The molecule has 1 aromatic rings. The summed E-state index contributed by atoms with van der Waals surface area (Å²) in [7, 11) is 0. The van der Waals surface area contributed by atoms with E-state index in [4.69, 9.17) is 5.11 Å². The molecule has 3 N–H and O–H groups in total. The molecular weight excluding hydrogens is 156 g/mol. The fourth-order valence-electron chi connectivity index (χ4n) is 1.18. The summed E-state index contributed by atoms with van der Waals surface area (Å²) >= 11 is 0. The molecule has 1 aliphatic rings. The number of carbonyl (C=O) groups is 1. The molecule has 4 heteroatoms. The first kappa shape index (κ1) is 6.97. The van der Waals surface area contributed by atoms with Crippen LogP contribution in [0.25, 0.3) is 0 Å². The Bertz CT molecular complexity index is 336. The lowest BCUT2D eigenvalue weighted by atomic mass is 10.1. The number of carbonyl (C=O) groups excluding carboxylic acids is 1. The van der Waals surface area contributed by atoms with Gasteiger partial charge in [-0.15, -0.1) is 0 Å². The summed E-state index contributed by atoms with van der Waals surface area (Å²) in [6, 6.07) is 4.68. The average Bonchev–Trinajstić information content (AvgIpc) is 2.03. The third-order valence-corrected chi connectivity index (χ3v) is 1.78. The number of rotatable bonds is 0. The van der Waals surface area contributed by atoms with E-state index in [1.165, 1.54) is 6.07 Å². The Hall–Kier alpha value is -1.71. The van der Waals surface area contributed by atoms with Crippen LogP contribution in [0.2, 0.25) is 0 Å². The van der Waals surface area contributed by atoms with E-state index in [1.54, 1.807) is 12.1 Å². The monoisotopic (exact) mass is 164 g/mol. The molecule has 2 amide bonds. The van der Waals surface area contributed by atoms with Crippen molar-refractivity contribution >= 4 is 11.7 Å². The van der Waals surface area contributed by atoms with Gasteiger partial charge in [-0.3, -0.25) is 0 Å². The molecule has 0 aromatic heterocycles. The molecule has 62 valence electrons. The largest absolute Gasteiger partial charge is 0.508 e. The second kappa shape index (κ2) is 2.41. The maximum absolute atomic E-state index is 10.8. The summed E-state index contributed by atoms with van der Waals surface area (Å²) in [6.07, 6.45) is 0. The van der Waals surface area contributed by atoms with Crippen molar-refractivity contribution in [3.63, 3.8) is 0 Å². The van der Waals surface area contributed by atoms with Gasteiger partial charge in [-0.1, -0.05) is 6.07 Å². The molecule has 0 spiro atoms. The molecule has 0 atom stereocenters. The van der Waals surface area contributed by atoms with Crippen LogP contribution in [0.5, 0.6) is 5.75 Å². The van der Waals surface area contributed by atoms with Crippen molar-refractivity contribution in [1.82, 2.24) is 5.32 Å². The minimum Gasteiger partial charge on any atom is -0.508 e. The van der Waals surface area contributed by atoms with E-state index in [2.05, 4.69) is 10.6 Å². The van der Waals surface area contributed by atoms with Gasteiger partial charge in [0.1, 0.15) is 5.75 Å². The highest BCUT2D eigenvalue weighted by molar-refractivity contribution is 5.92. The molecule has 1 heterocycles. The highest BCUT2D eigenvalue weighted by Crippen LogP contribution is 2.23. The molecule has 0 saturated carbocycles. The third kappa shape index (κ3) is 1.07. The van der Waals surface area contributed by atoms with Crippen molar-refractivity contribution in [3.05, 3.63) is 23.8 Å². The number of fused-ring (bicyclic) bond motifs is 1. The average molecular weight is 164 g/mol. The third-order valence-electron chi connectivity index (χ3n) is 1.78. The minimum atomic E-state index is -0.229. The molecule has 0 fully saturated rings. The smallest absolute Gasteiger partial charge is 0.319 e. The lowest BCUT2D eigenvalue weighted by molar-refractivity contribution is 0.251. The molecule has 0 bridgehead atoms. The Labute approximate surface area is 69.2 Å². The van der Waals surface area contributed by atoms with Crippen LogP contribution in [0.4, 0.5) is 10.5 Å². The van der Waals surface area contributed by atoms with Crippen LogP contribution in [0.15, 0.2) is 18.2 Å². The van der Waals surface area contributed by atoms with Gasteiger partial charge >= 0.3 is 6.03 Å². The first-order valence-electron chi connectivity index (χ1n) is 3.62. The van der Waals surface area contributed by atoms with E-state index in [9.17, 15) is 4.79 Å². The molecule has 0 unspecified atom stereocenters. The quantitative estimate of drug-likeness (QED) is 0.536. The van der Waals surface area contributed by atoms with Crippen molar-refractivity contribution in [1.29, 1.82) is 0 Å². The van der Waals surface area contributed by atoms with Crippen LogP contribution in [-0.2, 0) is 6.54 Å². The van der Waals surface area contributed by atoms with Gasteiger partial charge in [0.05, 0.1) is 5.69 Å². The van der Waals surface area contributed by atoms with Crippen molar-refractivity contribution < 1.29 is 9.90 Å². The minimum absolute atomic E-state index is 0.163. The van der Waals surface area contributed by atoms with Crippen LogP contribution >= 0.6 is 0 Å². The van der Waals surface area contributed by atoms with Gasteiger partial charge in [-0.05, 0) is 11.6 Å². The number of nitrogens with one attached hydrogen (secondary N) is 2. The van der Waals surface area contributed by atoms with E-state index < -0.39 is 0 Å². The lowest BCUT2D eigenvalue weighted by Crippen LogP contribution is -2.33. The molecule has 0 aliphatic carbocycles. The molecule has 1 aromatic carbocycles. The molecule has 1 aliphatic heterocycles. The lowest BCUT2D eigenvalue weighted by Gasteiger charge is -2.17. The zero-order valence-electron chi connectivity index (χ0n) is 6.29. The van der Waals surface area contributed by atoms with Crippen LogP contribution in [0, 0.1) is 0 Å². The second-order valence-electron chi connectivity index (χ2n) is 2.65. The predicted molar refractivity (Wildman–Crippen MR) is 44.0 cm³/mol. The van der Waals surface area contributed by atoms with Gasteiger partial charge in [0.2, 0.25) is 0 Å². The van der Waals surface area contributed by atoms with Gasteiger partial charge in [0.15, 0.2) is 0 Å². The molecule has 0 saturated heterocycles. The van der Waals surface area contributed by atoms with Crippen molar-refractivity contribution in [3.8, 4) is 5.75 Å². The summed E-state index contributed by atoms with van der Waals surface area (Å²) in [6.45, 7) is 0.515. The molecule has 12 heavy (non-hydrogen) atoms. The van der Waals surface area contributed by atoms with Gasteiger partial charge in [0.25, 0.3) is 0 Å². The Morgan fingerprint density at radius 1 is 1.42 bits per heavy atom. The summed E-state index contributed by atoms with van der Waals surface area (Å²) < 4.78 is 0. The maximum Gasteiger partial charge on any atom is 0.319 e. The standard InChI is InChI=1S/C8H8N2O2/c11-6-2-1-5-4-9-8(12)10-7(5)3-6/h1-3,11H,4H2,(H2,9,10,12). The number of hydrogen-bond donors (Lipinski definition) is 3. The zero-order valence-corrected chi connectivity index (χ0v) is 6.29. The van der Waals surface area contributed by atoms with Crippen LogP contribution in [0.3, 0.4) is 0 Å². The van der Waals surface area contributed by atoms with E-state index in [1.807, 2.05) is 0 Å². The van der Waals surface area contributed by atoms with Gasteiger partial charge in [0, 0.05) is 12.6 Å². The fourth-order valence-corrected chi connectivity index (χ4v) is 1.18. The van der Waals surface area contributed by atoms with E-state index in [-0.39, 0.29) is 11.8 Å². The Morgan fingerprint density at radius 3 is 3.08 bits per heavy atom. The van der Waals surface area contributed by atoms with Gasteiger partial charge in [-0.2, -0.15) is 0 Å². The maximum atomic E-state index is 10.8. The van der Waals surface area contributed by atoms with Crippen molar-refractivity contribution in [2.75, 3.05) is 5.32 Å². The summed E-state index contributed by atoms with van der Waals surface area (Å²) in [5.74, 6) is 0.163. The fraction of sp³-hybridized carbons (Fsp3) is 0.125. The van der Waals surface area contributed by atoms with E-state index in [0.29, 0.717) is 12.2 Å². The number of amides is 2. The molecule has 4 nitrogen and oxygen atoms in total. The normalized spacial score (nSPS) is 14.5. The molecular formula is C8H8N2O2. The number of aromatic hydroxyl groups is 1. The second-order valence-corrected chi connectivity index (χ2v) is 2.65. The SMILES string of the molecule is O=C1NCc2ccc(O)cc2N1. The van der Waals surface area contributed by atoms with E-state index >= 15 is 0 Å². The first-order valence-corrected chi connectivity index (χ1v) is 3.62. The topological polar surface area (TPSA) is 61.4 Å². The summed E-state index contributed by atoms with van der Waals surface area (Å²) in [5.41, 5.74) is 1.66. The Balaban J connectivity index is 2.44. The first-order chi connectivity index (χ1) is 5.75. The van der Waals surface area contributed by atoms with Crippen LogP contribution in [0.1, 0.15) is 5.56 Å². The Morgan fingerprint density at radius 2 is 2.25 bits per heavy atom. The van der Waals surface area contributed by atoms with Crippen LogP contribution < -0.4 is 10.6 Å². The van der Waals surface area contributed by atoms with Crippen molar-refractivity contribution in [2.45, 2.75) is 6.54 Å². The highest BCUT2D eigenvalue weighted by Gasteiger charge is 2.12. The van der Waals surface area contributed by atoms with Crippen molar-refractivity contribution in [2.24, 2.45) is 0 Å². The number of phenolic OH excluding ortho intramolecular Hbond substituents is 1. The number of phenols is 1. The summed E-state index contributed by atoms with van der Waals surface area (Å²) in [4.78, 5) is 10.8. The zero-order chi connectivity index (χ0) is 8.55. The number of hydrogen-bond acceptors (Lipinski definition) is 2.